The molecule has 31 heavy (non-hydrogen) atoms. The van der Waals surface area contributed by atoms with E-state index in [1.165, 1.54) is 36.8 Å². The number of rotatable bonds is 6. The van der Waals surface area contributed by atoms with Gasteiger partial charge < -0.3 is 9.64 Å². The summed E-state index contributed by atoms with van der Waals surface area (Å²) in [7, 11) is 0. The number of amides is 1. The Kier molecular flexibility index (Phi) is 6.59. The number of fused-ring (bicyclic) bond motifs is 1. The van der Waals surface area contributed by atoms with Crippen molar-refractivity contribution in [3.8, 4) is 0 Å². The molecule has 1 aromatic rings. The number of hydrogen-bond donors (Lipinski definition) is 0. The van der Waals surface area contributed by atoms with Crippen LogP contribution in [0.1, 0.15) is 51.5 Å². The maximum Gasteiger partial charge on any atom is 0.345 e. The summed E-state index contributed by atoms with van der Waals surface area (Å²) in [5, 5.41) is 0. The van der Waals surface area contributed by atoms with Crippen molar-refractivity contribution in [1.29, 1.82) is 0 Å². The zero-order valence-corrected chi connectivity index (χ0v) is 18.5. The standard InChI is InChI=1S/C26H32N2O3/c1-3-31-26(30)23-18-27(16-15-20-9-5-4-6-10-20)24-17-22(21-11-7-8-12-21)14-13-19(2)28(24)25(23)29/h4-6,9-10,14,17-19,21H,3,7-8,11-13,15-16H2,1-2H3. The summed E-state index contributed by atoms with van der Waals surface area (Å²) in [6.45, 7) is 4.76. The van der Waals surface area contributed by atoms with Crippen LogP contribution >= 0.6 is 0 Å². The molecule has 0 N–H and O–H groups in total. The number of benzene rings is 1. The molecule has 1 aromatic carbocycles. The summed E-state index contributed by atoms with van der Waals surface area (Å²) in [6, 6.07) is 10.3. The fourth-order valence-corrected chi connectivity index (χ4v) is 4.81. The van der Waals surface area contributed by atoms with Gasteiger partial charge in [-0.15, -0.1) is 0 Å². The van der Waals surface area contributed by atoms with Gasteiger partial charge in [0.25, 0.3) is 5.91 Å². The van der Waals surface area contributed by atoms with Crippen LogP contribution in [-0.4, -0.2) is 40.9 Å². The van der Waals surface area contributed by atoms with E-state index in [-0.39, 0.29) is 24.1 Å². The average molecular weight is 421 g/mol. The number of allylic oxidation sites excluding steroid dienone is 2. The Morgan fingerprint density at radius 3 is 2.61 bits per heavy atom. The van der Waals surface area contributed by atoms with Crippen LogP contribution in [0.3, 0.4) is 0 Å². The summed E-state index contributed by atoms with van der Waals surface area (Å²) >= 11 is 0. The van der Waals surface area contributed by atoms with Crippen molar-refractivity contribution in [3.63, 3.8) is 0 Å². The van der Waals surface area contributed by atoms with E-state index < -0.39 is 5.97 Å². The lowest BCUT2D eigenvalue weighted by molar-refractivity contribution is -0.143. The summed E-state index contributed by atoms with van der Waals surface area (Å²) in [5.41, 5.74) is 2.68. The van der Waals surface area contributed by atoms with Crippen molar-refractivity contribution in [1.82, 2.24) is 9.80 Å². The van der Waals surface area contributed by atoms with Crippen LogP contribution in [0, 0.1) is 5.92 Å². The predicted molar refractivity (Wildman–Crippen MR) is 121 cm³/mol. The second kappa shape index (κ2) is 9.54. The van der Waals surface area contributed by atoms with Gasteiger partial charge in [0.2, 0.25) is 0 Å². The Labute approximate surface area is 185 Å². The third-order valence-corrected chi connectivity index (χ3v) is 6.51. The minimum Gasteiger partial charge on any atom is -0.462 e. The van der Waals surface area contributed by atoms with Crippen LogP contribution in [0.25, 0.3) is 0 Å². The third-order valence-electron chi connectivity index (χ3n) is 6.51. The fraction of sp³-hybridized carbons (Fsp3) is 0.462. The second-order valence-corrected chi connectivity index (χ2v) is 8.64. The molecular weight excluding hydrogens is 388 g/mol. The molecule has 0 bridgehead atoms. The third kappa shape index (κ3) is 4.60. The molecule has 1 unspecified atom stereocenters. The molecule has 2 aliphatic heterocycles. The van der Waals surface area contributed by atoms with Crippen LogP contribution < -0.4 is 0 Å². The normalized spacial score (nSPS) is 21.8. The molecule has 0 saturated heterocycles. The van der Waals surface area contributed by atoms with Gasteiger partial charge in [0.05, 0.1) is 6.61 Å². The van der Waals surface area contributed by atoms with E-state index in [9.17, 15) is 9.59 Å². The predicted octanol–water partition coefficient (Wildman–Crippen LogP) is 4.57. The maximum atomic E-state index is 13.4. The zero-order valence-electron chi connectivity index (χ0n) is 18.5. The van der Waals surface area contributed by atoms with Crippen LogP contribution in [-0.2, 0) is 20.7 Å². The number of carbonyl (C=O) groups is 2. The smallest absolute Gasteiger partial charge is 0.345 e. The first-order chi connectivity index (χ1) is 15.1. The number of carbonyl (C=O) groups excluding carboxylic acids is 2. The summed E-state index contributed by atoms with van der Waals surface area (Å²) in [5.74, 6) is 0.657. The molecule has 1 saturated carbocycles. The number of esters is 1. The van der Waals surface area contributed by atoms with Crippen LogP contribution in [0.5, 0.6) is 0 Å². The molecule has 1 atom stereocenters. The summed E-state index contributed by atoms with van der Waals surface area (Å²) in [6.07, 6.45) is 12.8. The Morgan fingerprint density at radius 1 is 1.16 bits per heavy atom. The van der Waals surface area contributed by atoms with E-state index >= 15 is 0 Å². The topological polar surface area (TPSA) is 49.9 Å². The van der Waals surface area contributed by atoms with Gasteiger partial charge in [-0.05, 0) is 62.7 Å². The summed E-state index contributed by atoms with van der Waals surface area (Å²) in [4.78, 5) is 29.8. The lowest BCUT2D eigenvalue weighted by Gasteiger charge is -2.39. The highest BCUT2D eigenvalue weighted by atomic mass is 16.5. The molecule has 2 heterocycles. The van der Waals surface area contributed by atoms with Gasteiger partial charge in [-0.3, -0.25) is 9.69 Å². The molecule has 0 radical (unpaired) electrons. The highest BCUT2D eigenvalue weighted by Crippen LogP contribution is 2.37. The van der Waals surface area contributed by atoms with E-state index in [0.717, 1.165) is 18.7 Å². The minimum atomic E-state index is -0.545. The first kappa shape index (κ1) is 21.4. The largest absolute Gasteiger partial charge is 0.462 e. The zero-order chi connectivity index (χ0) is 21.8. The van der Waals surface area contributed by atoms with E-state index in [1.54, 1.807) is 18.0 Å². The molecule has 164 valence electrons. The van der Waals surface area contributed by atoms with Crippen molar-refractivity contribution in [3.05, 3.63) is 71.2 Å². The van der Waals surface area contributed by atoms with Gasteiger partial charge >= 0.3 is 5.97 Å². The fourth-order valence-electron chi connectivity index (χ4n) is 4.81. The SMILES string of the molecule is CCOC(=O)C1=CN(CCc2ccccc2)C2=CC(C3CCCC3)=CCC(C)N2C1=O. The molecule has 5 nitrogen and oxygen atoms in total. The molecule has 0 aromatic heterocycles. The van der Waals surface area contributed by atoms with Gasteiger partial charge in [0.15, 0.2) is 0 Å². The Balaban J connectivity index is 1.70. The van der Waals surface area contributed by atoms with Gasteiger partial charge in [0.1, 0.15) is 11.4 Å². The highest BCUT2D eigenvalue weighted by molar-refractivity contribution is 6.17. The molecule has 5 heteroatoms. The molecule has 3 aliphatic rings. The highest BCUT2D eigenvalue weighted by Gasteiger charge is 2.38. The van der Waals surface area contributed by atoms with Gasteiger partial charge in [-0.2, -0.15) is 0 Å². The Bertz CT molecular complexity index is 910. The minimum absolute atomic E-state index is 0.0185. The monoisotopic (exact) mass is 420 g/mol. The Morgan fingerprint density at radius 2 is 1.90 bits per heavy atom. The first-order valence-electron chi connectivity index (χ1n) is 11.5. The summed E-state index contributed by atoms with van der Waals surface area (Å²) < 4.78 is 5.20. The number of hydrogen-bond acceptors (Lipinski definition) is 4. The van der Waals surface area contributed by atoms with E-state index in [1.807, 2.05) is 18.2 Å². The van der Waals surface area contributed by atoms with Crippen molar-refractivity contribution in [2.75, 3.05) is 13.2 Å². The van der Waals surface area contributed by atoms with Crippen molar-refractivity contribution in [2.45, 2.75) is 58.4 Å². The molecular formula is C26H32N2O3. The molecule has 1 amide bonds. The average Bonchev–Trinajstić information content (AvgIpc) is 3.25. The van der Waals surface area contributed by atoms with Crippen molar-refractivity contribution >= 4 is 11.9 Å². The van der Waals surface area contributed by atoms with Crippen molar-refractivity contribution in [2.24, 2.45) is 5.92 Å². The van der Waals surface area contributed by atoms with Gasteiger partial charge in [-0.1, -0.05) is 49.2 Å². The van der Waals surface area contributed by atoms with E-state index in [4.69, 9.17) is 4.74 Å². The van der Waals surface area contributed by atoms with Crippen LogP contribution in [0.15, 0.2) is 65.7 Å². The number of nitrogens with zero attached hydrogens (tertiary/aromatic N) is 2. The molecule has 1 fully saturated rings. The molecule has 4 rings (SSSR count). The molecule has 0 spiro atoms. The Hall–Kier alpha value is -2.82. The number of ether oxygens (including phenoxy) is 1. The lowest BCUT2D eigenvalue weighted by atomic mass is 9.96. The van der Waals surface area contributed by atoms with E-state index in [2.05, 4.69) is 36.1 Å². The quantitative estimate of drug-likeness (QED) is 0.500. The van der Waals surface area contributed by atoms with Gasteiger partial charge in [-0.25, -0.2) is 4.79 Å². The van der Waals surface area contributed by atoms with Crippen LogP contribution in [0.2, 0.25) is 0 Å². The molecule has 1 aliphatic carbocycles. The maximum absolute atomic E-state index is 13.4. The van der Waals surface area contributed by atoms with Crippen LogP contribution in [0.4, 0.5) is 0 Å². The van der Waals surface area contributed by atoms with Crippen molar-refractivity contribution < 1.29 is 14.3 Å². The van der Waals surface area contributed by atoms with Gasteiger partial charge in [0, 0.05) is 18.8 Å². The first-order valence-corrected chi connectivity index (χ1v) is 11.5. The second-order valence-electron chi connectivity index (χ2n) is 8.64. The van der Waals surface area contributed by atoms with E-state index in [0.29, 0.717) is 12.5 Å². The lowest BCUT2D eigenvalue weighted by Crippen LogP contribution is -2.48.